The average Bonchev–Trinajstić information content (AvgIpc) is 3.01. The fourth-order valence-corrected chi connectivity index (χ4v) is 2.82. The van der Waals surface area contributed by atoms with Gasteiger partial charge in [-0.05, 0) is 59.7 Å². The summed E-state index contributed by atoms with van der Waals surface area (Å²) >= 11 is 0. The highest BCUT2D eigenvalue weighted by atomic mass is 14.0. The minimum atomic E-state index is 1.01. The summed E-state index contributed by atoms with van der Waals surface area (Å²) in [6.45, 7) is 16.0. The third kappa shape index (κ3) is 11.9. The van der Waals surface area contributed by atoms with E-state index in [4.69, 9.17) is 0 Å². The summed E-state index contributed by atoms with van der Waals surface area (Å²) in [5, 5.41) is 0. The summed E-state index contributed by atoms with van der Waals surface area (Å²) < 4.78 is 0. The minimum Gasteiger partial charge on any atom is -0.0683 e. The zero-order valence-corrected chi connectivity index (χ0v) is 23.4. The molecule has 0 heterocycles. The van der Waals surface area contributed by atoms with Crippen molar-refractivity contribution in [3.8, 4) is 34.8 Å². The first-order chi connectivity index (χ1) is 17.9. The van der Waals surface area contributed by atoms with Crippen molar-refractivity contribution in [1.82, 2.24) is 0 Å². The Bertz CT molecular complexity index is 1060. The summed E-state index contributed by atoms with van der Waals surface area (Å²) in [6, 6.07) is 36.8. The third-order valence-electron chi connectivity index (χ3n) is 4.35. The summed E-state index contributed by atoms with van der Waals surface area (Å²) in [6.07, 6.45) is 0. The lowest BCUT2D eigenvalue weighted by Gasteiger charge is -2.02. The molecule has 0 heteroatoms. The summed E-state index contributed by atoms with van der Waals surface area (Å²) in [5.41, 5.74) is 6.43. The van der Waals surface area contributed by atoms with Gasteiger partial charge in [0, 0.05) is 22.3 Å². The van der Waals surface area contributed by atoms with Gasteiger partial charge in [-0.1, -0.05) is 140 Å². The van der Waals surface area contributed by atoms with E-state index in [0.717, 1.165) is 22.3 Å². The van der Waals surface area contributed by atoms with Gasteiger partial charge in [0.05, 0.1) is 0 Å². The van der Waals surface area contributed by atoms with Gasteiger partial charge < -0.3 is 0 Å². The first kappa shape index (κ1) is 32.0. The number of hydrogen-bond acceptors (Lipinski definition) is 0. The lowest BCUT2D eigenvalue weighted by Crippen LogP contribution is -1.81. The topological polar surface area (TPSA) is 0 Å². The Balaban J connectivity index is 0.00000140. The molecule has 0 aliphatic rings. The molecule has 0 spiro atoms. The van der Waals surface area contributed by atoms with Gasteiger partial charge in [-0.3, -0.25) is 0 Å². The van der Waals surface area contributed by atoms with Crippen molar-refractivity contribution in [3.05, 3.63) is 131 Å². The molecule has 4 rings (SSSR count). The highest BCUT2D eigenvalue weighted by Crippen LogP contribution is 2.20. The summed E-state index contributed by atoms with van der Waals surface area (Å²) in [5.74, 6) is 12.8. The van der Waals surface area contributed by atoms with Crippen LogP contribution in [0.5, 0.6) is 0 Å². The largest absolute Gasteiger partial charge is 0.0683 e. The Hall–Kier alpha value is -4.00. The zero-order valence-electron chi connectivity index (χ0n) is 23.4. The Kier molecular flexibility index (Phi) is 19.1. The van der Waals surface area contributed by atoms with Crippen molar-refractivity contribution >= 4 is 0 Å². The lowest BCUT2D eigenvalue weighted by molar-refractivity contribution is 1.50. The Morgan fingerprint density at radius 2 is 0.500 bits per heavy atom. The number of rotatable bonds is 1. The van der Waals surface area contributed by atoms with Gasteiger partial charge in [0.25, 0.3) is 0 Å². The summed E-state index contributed by atoms with van der Waals surface area (Å²) in [4.78, 5) is 0. The van der Waals surface area contributed by atoms with E-state index in [2.05, 4.69) is 72.2 Å². The maximum Gasteiger partial charge on any atom is 0.0249 e. The molecule has 0 aliphatic carbocycles. The fourth-order valence-electron chi connectivity index (χ4n) is 2.82. The molecule has 0 unspecified atom stereocenters. The molecule has 0 atom stereocenters. The molecular weight excluding hydrogens is 432 g/mol. The predicted octanol–water partition coefficient (Wildman–Crippen LogP) is 10.3. The monoisotopic (exact) mass is 474 g/mol. The molecule has 36 heavy (non-hydrogen) atoms. The molecule has 0 aliphatic heterocycles. The van der Waals surface area contributed by atoms with E-state index < -0.39 is 0 Å². The molecule has 0 fully saturated rings. The van der Waals surface area contributed by atoms with Gasteiger partial charge >= 0.3 is 0 Å². The Labute approximate surface area is 221 Å². The van der Waals surface area contributed by atoms with E-state index in [1.807, 2.05) is 116 Å². The smallest absolute Gasteiger partial charge is 0.0249 e. The molecule has 186 valence electrons. The van der Waals surface area contributed by atoms with Crippen LogP contribution in [0.4, 0.5) is 0 Å². The molecule has 0 amide bonds. The molecule has 0 saturated carbocycles. The molecule has 0 bridgehead atoms. The fraction of sp³-hybridized carbons (Fsp3) is 0.222. The minimum absolute atomic E-state index is 1.01. The second kappa shape index (κ2) is 21.5. The standard InChI is InChI=1S/C28H18.4C2H6/c1-3-7-23(8-4-1)11-13-25-15-19-27(20-16-25)28-21-17-26(18-22-28)14-12-24-9-5-2-6-10-24;4*1-2/h1-10,15-22H;4*1-2H3. The van der Waals surface area contributed by atoms with Crippen molar-refractivity contribution in [2.45, 2.75) is 55.4 Å². The molecule has 0 nitrogen and oxygen atoms in total. The highest BCUT2D eigenvalue weighted by molar-refractivity contribution is 5.65. The molecule has 0 saturated heterocycles. The van der Waals surface area contributed by atoms with Gasteiger partial charge in [-0.2, -0.15) is 0 Å². The number of benzene rings is 4. The van der Waals surface area contributed by atoms with Crippen LogP contribution in [0, 0.1) is 23.7 Å². The van der Waals surface area contributed by atoms with E-state index in [1.165, 1.54) is 11.1 Å². The molecule has 0 N–H and O–H groups in total. The van der Waals surface area contributed by atoms with Gasteiger partial charge in [0.15, 0.2) is 0 Å². The number of hydrogen-bond donors (Lipinski definition) is 0. The van der Waals surface area contributed by atoms with Crippen LogP contribution in [-0.2, 0) is 0 Å². The SMILES string of the molecule is C(#Cc1ccc(-c2ccc(C#Cc3ccccc3)cc2)cc1)c1ccccc1.CC.CC.CC.CC. The first-order valence-electron chi connectivity index (χ1n) is 13.2. The van der Waals surface area contributed by atoms with Gasteiger partial charge in [0.1, 0.15) is 0 Å². The molecule has 0 radical (unpaired) electrons. The Morgan fingerprint density at radius 3 is 0.750 bits per heavy atom. The van der Waals surface area contributed by atoms with Gasteiger partial charge in [-0.15, -0.1) is 0 Å². The van der Waals surface area contributed by atoms with Crippen LogP contribution in [0.15, 0.2) is 109 Å². The normalized spacial score (nSPS) is 8.11. The first-order valence-corrected chi connectivity index (χ1v) is 13.2. The van der Waals surface area contributed by atoms with E-state index in [1.54, 1.807) is 0 Å². The molecule has 0 aromatic heterocycles. The molecule has 4 aromatic rings. The molecule has 4 aromatic carbocycles. The van der Waals surface area contributed by atoms with Crippen LogP contribution in [0.2, 0.25) is 0 Å². The van der Waals surface area contributed by atoms with Gasteiger partial charge in [0.2, 0.25) is 0 Å². The van der Waals surface area contributed by atoms with Crippen LogP contribution >= 0.6 is 0 Å². The predicted molar refractivity (Wildman–Crippen MR) is 162 cm³/mol. The average molecular weight is 475 g/mol. The second-order valence-corrected chi connectivity index (χ2v) is 6.39. The van der Waals surface area contributed by atoms with Crippen molar-refractivity contribution in [2.24, 2.45) is 0 Å². The molecular formula is C36H42. The summed E-state index contributed by atoms with van der Waals surface area (Å²) in [7, 11) is 0. The highest BCUT2D eigenvalue weighted by Gasteiger charge is 1.98. The zero-order chi connectivity index (χ0) is 27.0. The maximum absolute atomic E-state index is 3.21. The van der Waals surface area contributed by atoms with Crippen molar-refractivity contribution in [1.29, 1.82) is 0 Å². The van der Waals surface area contributed by atoms with E-state index in [0.29, 0.717) is 0 Å². The van der Waals surface area contributed by atoms with Crippen molar-refractivity contribution in [2.75, 3.05) is 0 Å². The van der Waals surface area contributed by atoms with Crippen molar-refractivity contribution in [3.63, 3.8) is 0 Å². The third-order valence-corrected chi connectivity index (χ3v) is 4.35. The maximum atomic E-state index is 3.21. The van der Waals surface area contributed by atoms with E-state index >= 15 is 0 Å². The van der Waals surface area contributed by atoms with Crippen LogP contribution < -0.4 is 0 Å². The quantitative estimate of drug-likeness (QED) is 0.241. The van der Waals surface area contributed by atoms with Crippen molar-refractivity contribution < 1.29 is 0 Å². The van der Waals surface area contributed by atoms with E-state index in [-0.39, 0.29) is 0 Å². The lowest BCUT2D eigenvalue weighted by atomic mass is 10.0. The van der Waals surface area contributed by atoms with E-state index in [9.17, 15) is 0 Å². The van der Waals surface area contributed by atoms with Gasteiger partial charge in [-0.25, -0.2) is 0 Å². The van der Waals surface area contributed by atoms with Crippen LogP contribution in [0.1, 0.15) is 77.6 Å². The second-order valence-electron chi connectivity index (χ2n) is 6.39. The van der Waals surface area contributed by atoms with Crippen LogP contribution in [0.25, 0.3) is 11.1 Å². The van der Waals surface area contributed by atoms with Crippen LogP contribution in [0.3, 0.4) is 0 Å². The van der Waals surface area contributed by atoms with Crippen LogP contribution in [-0.4, -0.2) is 0 Å². The Morgan fingerprint density at radius 1 is 0.278 bits per heavy atom.